The predicted molar refractivity (Wildman–Crippen MR) is 101 cm³/mol. The normalized spacial score (nSPS) is 11.7. The van der Waals surface area contributed by atoms with Crippen molar-refractivity contribution in [1.82, 2.24) is 10.0 Å². The topological polar surface area (TPSA) is 84.5 Å². The molecule has 0 aliphatic rings. The SMILES string of the molecule is C=CCNS(=O)(=O)c1cccc(C(=O)NCc2ccc(OCC(F)(F)F)cc2)c1. The number of halogens is 3. The van der Waals surface area contributed by atoms with E-state index in [9.17, 15) is 26.4 Å². The highest BCUT2D eigenvalue weighted by Crippen LogP contribution is 2.19. The van der Waals surface area contributed by atoms with Crippen LogP contribution in [0, 0.1) is 0 Å². The largest absolute Gasteiger partial charge is 0.484 e. The third kappa shape index (κ3) is 7.24. The number of benzene rings is 2. The Morgan fingerprint density at radius 1 is 1.14 bits per heavy atom. The lowest BCUT2D eigenvalue weighted by molar-refractivity contribution is -0.153. The maximum atomic E-state index is 12.3. The Bertz CT molecular complexity index is 958. The van der Waals surface area contributed by atoms with Crippen molar-refractivity contribution in [2.45, 2.75) is 17.6 Å². The van der Waals surface area contributed by atoms with Crippen molar-refractivity contribution in [3.05, 3.63) is 72.3 Å². The van der Waals surface area contributed by atoms with E-state index in [1.54, 1.807) is 0 Å². The fourth-order valence-electron chi connectivity index (χ4n) is 2.21. The summed E-state index contributed by atoms with van der Waals surface area (Å²) in [7, 11) is -3.76. The number of rotatable bonds is 9. The van der Waals surface area contributed by atoms with Crippen molar-refractivity contribution in [3.63, 3.8) is 0 Å². The zero-order valence-electron chi connectivity index (χ0n) is 15.2. The predicted octanol–water partition coefficient (Wildman–Crippen LogP) is 3.02. The van der Waals surface area contributed by atoms with E-state index in [0.29, 0.717) is 5.56 Å². The number of hydrogen-bond acceptors (Lipinski definition) is 4. The van der Waals surface area contributed by atoms with Crippen LogP contribution in [0.5, 0.6) is 5.75 Å². The van der Waals surface area contributed by atoms with Gasteiger partial charge in [-0.3, -0.25) is 4.79 Å². The van der Waals surface area contributed by atoms with Crippen LogP contribution in [-0.4, -0.2) is 33.7 Å². The molecule has 0 heterocycles. The van der Waals surface area contributed by atoms with Gasteiger partial charge in [-0.1, -0.05) is 24.3 Å². The molecule has 2 aromatic rings. The Morgan fingerprint density at radius 3 is 2.45 bits per heavy atom. The van der Waals surface area contributed by atoms with Gasteiger partial charge in [-0.2, -0.15) is 13.2 Å². The molecular formula is C19H19F3N2O4S. The number of nitrogens with one attached hydrogen (secondary N) is 2. The Morgan fingerprint density at radius 2 is 1.83 bits per heavy atom. The summed E-state index contributed by atoms with van der Waals surface area (Å²) in [5, 5.41) is 2.62. The molecule has 0 aromatic heterocycles. The Hall–Kier alpha value is -2.85. The standard InChI is InChI=1S/C19H19F3N2O4S/c1-2-10-24-29(26,27)17-5-3-4-15(11-17)18(25)23-12-14-6-8-16(9-7-14)28-13-19(20,21)22/h2-9,11,24H,1,10,12-13H2,(H,23,25). The molecule has 2 N–H and O–H groups in total. The van der Waals surface area contributed by atoms with Gasteiger partial charge in [0, 0.05) is 18.7 Å². The van der Waals surface area contributed by atoms with Gasteiger partial charge in [0.15, 0.2) is 6.61 Å². The van der Waals surface area contributed by atoms with Crippen LogP contribution < -0.4 is 14.8 Å². The second-order valence-corrected chi connectivity index (χ2v) is 7.67. The Labute approximate surface area is 166 Å². The van der Waals surface area contributed by atoms with E-state index in [4.69, 9.17) is 0 Å². The number of carbonyl (C=O) groups is 1. The first-order chi connectivity index (χ1) is 13.6. The van der Waals surface area contributed by atoms with Crippen LogP contribution in [0.3, 0.4) is 0 Å². The number of alkyl halides is 3. The molecule has 2 aromatic carbocycles. The van der Waals surface area contributed by atoms with Crippen LogP contribution in [-0.2, 0) is 16.6 Å². The van der Waals surface area contributed by atoms with E-state index < -0.39 is 28.7 Å². The second-order valence-electron chi connectivity index (χ2n) is 5.90. The Kier molecular flexibility index (Phi) is 7.40. The summed E-state index contributed by atoms with van der Waals surface area (Å²) in [5.74, 6) is -0.439. The summed E-state index contributed by atoms with van der Waals surface area (Å²) >= 11 is 0. The molecule has 0 aliphatic heterocycles. The number of ether oxygens (including phenoxy) is 1. The number of amides is 1. The van der Waals surface area contributed by atoms with E-state index in [2.05, 4.69) is 21.4 Å². The first-order valence-electron chi connectivity index (χ1n) is 8.38. The smallest absolute Gasteiger partial charge is 0.422 e. The zero-order valence-corrected chi connectivity index (χ0v) is 16.0. The second kappa shape index (κ2) is 9.57. The molecule has 1 amide bonds. The van der Waals surface area contributed by atoms with Crippen LogP contribution in [0.1, 0.15) is 15.9 Å². The molecular weight excluding hydrogens is 409 g/mol. The molecule has 0 atom stereocenters. The molecule has 0 saturated heterocycles. The molecule has 0 aliphatic carbocycles. The third-order valence-corrected chi connectivity index (χ3v) is 5.02. The minimum absolute atomic E-state index is 0.0570. The highest BCUT2D eigenvalue weighted by molar-refractivity contribution is 7.89. The van der Waals surface area contributed by atoms with E-state index in [-0.39, 0.29) is 29.3 Å². The molecule has 0 bridgehead atoms. The van der Waals surface area contributed by atoms with Crippen LogP contribution in [0.15, 0.2) is 66.1 Å². The molecule has 0 fully saturated rings. The highest BCUT2D eigenvalue weighted by atomic mass is 32.2. The summed E-state index contributed by atoms with van der Waals surface area (Å²) in [4.78, 5) is 12.2. The lowest BCUT2D eigenvalue weighted by atomic mass is 10.2. The maximum Gasteiger partial charge on any atom is 0.422 e. The van der Waals surface area contributed by atoms with Gasteiger partial charge in [-0.05, 0) is 35.9 Å². The zero-order chi connectivity index (χ0) is 21.5. The van der Waals surface area contributed by atoms with Crippen molar-refractivity contribution in [3.8, 4) is 5.75 Å². The van der Waals surface area contributed by atoms with Gasteiger partial charge in [-0.15, -0.1) is 6.58 Å². The molecule has 6 nitrogen and oxygen atoms in total. The molecule has 156 valence electrons. The summed E-state index contributed by atoms with van der Waals surface area (Å²) < 4.78 is 67.6. The van der Waals surface area contributed by atoms with E-state index in [0.717, 1.165) is 0 Å². The van der Waals surface area contributed by atoms with Gasteiger partial charge in [0.25, 0.3) is 5.91 Å². The lowest BCUT2D eigenvalue weighted by Crippen LogP contribution is -2.25. The maximum absolute atomic E-state index is 12.3. The van der Waals surface area contributed by atoms with Gasteiger partial charge in [0.05, 0.1) is 4.90 Å². The first kappa shape index (κ1) is 22.4. The molecule has 2 rings (SSSR count). The van der Waals surface area contributed by atoms with Crippen molar-refractivity contribution in [2.24, 2.45) is 0 Å². The molecule has 0 radical (unpaired) electrons. The fraction of sp³-hybridized carbons (Fsp3) is 0.211. The molecule has 0 unspecified atom stereocenters. The van der Waals surface area contributed by atoms with Gasteiger partial charge in [0.2, 0.25) is 10.0 Å². The van der Waals surface area contributed by atoms with Crippen molar-refractivity contribution >= 4 is 15.9 Å². The van der Waals surface area contributed by atoms with E-state index in [1.807, 2.05) is 0 Å². The van der Waals surface area contributed by atoms with E-state index >= 15 is 0 Å². The van der Waals surface area contributed by atoms with Gasteiger partial charge < -0.3 is 10.1 Å². The quantitative estimate of drug-likeness (QED) is 0.602. The van der Waals surface area contributed by atoms with Crippen molar-refractivity contribution in [1.29, 1.82) is 0 Å². The highest BCUT2D eigenvalue weighted by Gasteiger charge is 2.28. The van der Waals surface area contributed by atoms with Crippen LogP contribution in [0.4, 0.5) is 13.2 Å². The van der Waals surface area contributed by atoms with Crippen LogP contribution >= 0.6 is 0 Å². The van der Waals surface area contributed by atoms with Crippen molar-refractivity contribution < 1.29 is 31.1 Å². The summed E-state index contributed by atoms with van der Waals surface area (Å²) in [5.41, 5.74) is 0.783. The van der Waals surface area contributed by atoms with Gasteiger partial charge >= 0.3 is 6.18 Å². The van der Waals surface area contributed by atoms with E-state index in [1.165, 1.54) is 54.6 Å². The summed E-state index contributed by atoms with van der Waals surface area (Å²) in [6, 6.07) is 11.3. The number of carbonyl (C=O) groups excluding carboxylic acids is 1. The molecule has 10 heteroatoms. The van der Waals surface area contributed by atoms with Gasteiger partial charge in [0.1, 0.15) is 5.75 Å². The Balaban J connectivity index is 1.97. The van der Waals surface area contributed by atoms with Gasteiger partial charge in [-0.25, -0.2) is 13.1 Å². The minimum Gasteiger partial charge on any atom is -0.484 e. The molecule has 0 spiro atoms. The lowest BCUT2D eigenvalue weighted by Gasteiger charge is -2.10. The first-order valence-corrected chi connectivity index (χ1v) is 9.86. The summed E-state index contributed by atoms with van der Waals surface area (Å²) in [6.45, 7) is 2.21. The van der Waals surface area contributed by atoms with Crippen LogP contribution in [0.2, 0.25) is 0 Å². The monoisotopic (exact) mass is 428 g/mol. The molecule has 0 saturated carbocycles. The average Bonchev–Trinajstić information content (AvgIpc) is 2.69. The fourth-order valence-corrected chi connectivity index (χ4v) is 3.25. The molecule has 29 heavy (non-hydrogen) atoms. The third-order valence-electron chi connectivity index (χ3n) is 3.60. The average molecular weight is 428 g/mol. The van der Waals surface area contributed by atoms with Crippen LogP contribution in [0.25, 0.3) is 0 Å². The number of sulfonamides is 1. The van der Waals surface area contributed by atoms with Crippen molar-refractivity contribution in [2.75, 3.05) is 13.2 Å². The minimum atomic E-state index is -4.42. The number of hydrogen-bond donors (Lipinski definition) is 2. The summed E-state index contributed by atoms with van der Waals surface area (Å²) in [6.07, 6.45) is -3.02.